The highest BCUT2D eigenvalue weighted by molar-refractivity contribution is 14.1. The maximum absolute atomic E-state index is 15.0. The van der Waals surface area contributed by atoms with Crippen molar-refractivity contribution in [3.05, 3.63) is 56.2 Å². The average molecular weight is 541 g/mol. The fourth-order valence-corrected chi connectivity index (χ4v) is 5.19. The topological polar surface area (TPSA) is 72.9 Å². The van der Waals surface area contributed by atoms with Crippen LogP contribution >= 0.6 is 22.6 Å². The van der Waals surface area contributed by atoms with Crippen LogP contribution in [-0.4, -0.2) is 60.0 Å². The molecule has 2 unspecified atom stereocenters. The Hall–Kier alpha value is -2.27. The number of aromatic carboxylic acids is 1. The van der Waals surface area contributed by atoms with Gasteiger partial charge in [0.15, 0.2) is 11.6 Å². The van der Waals surface area contributed by atoms with E-state index < -0.39 is 40.3 Å². The van der Waals surface area contributed by atoms with Crippen LogP contribution < -0.4 is 5.32 Å². The van der Waals surface area contributed by atoms with E-state index in [1.54, 1.807) is 19.1 Å². The number of carbonyl (C=O) groups is 2. The Bertz CT molecular complexity index is 1060. The molecule has 2 atom stereocenters. The predicted molar refractivity (Wildman–Crippen MR) is 121 cm³/mol. The third-order valence-electron chi connectivity index (χ3n) is 6.07. The monoisotopic (exact) mass is 541 g/mol. The number of carbonyl (C=O) groups excluding carboxylic acids is 1. The van der Waals surface area contributed by atoms with Gasteiger partial charge in [-0.1, -0.05) is 0 Å². The normalized spacial score (nSPS) is 20.7. The van der Waals surface area contributed by atoms with Crippen LogP contribution in [0.15, 0.2) is 24.3 Å². The number of amides is 1. The second kappa shape index (κ2) is 8.34. The fraction of sp³-hybridized carbons (Fsp3) is 0.364. The Morgan fingerprint density at radius 3 is 2.29 bits per heavy atom. The van der Waals surface area contributed by atoms with E-state index in [-0.39, 0.29) is 0 Å². The molecule has 2 fully saturated rings. The molecule has 164 valence electrons. The Kier molecular flexibility index (Phi) is 5.91. The Labute approximate surface area is 192 Å². The van der Waals surface area contributed by atoms with Gasteiger partial charge in [0.25, 0.3) is 5.91 Å². The lowest BCUT2D eigenvalue weighted by Gasteiger charge is -2.21. The molecule has 0 bridgehead atoms. The van der Waals surface area contributed by atoms with Crippen molar-refractivity contribution in [2.75, 3.05) is 38.5 Å². The van der Waals surface area contributed by atoms with Gasteiger partial charge in [0, 0.05) is 35.4 Å². The van der Waals surface area contributed by atoms with Crippen molar-refractivity contribution >= 4 is 45.8 Å². The third-order valence-corrected chi connectivity index (χ3v) is 6.74. The van der Waals surface area contributed by atoms with Crippen LogP contribution in [0, 0.1) is 34.0 Å². The lowest BCUT2D eigenvalue weighted by molar-refractivity contribution is 0.0697. The van der Waals surface area contributed by atoms with Crippen molar-refractivity contribution in [1.29, 1.82) is 0 Å². The minimum Gasteiger partial charge on any atom is -0.478 e. The van der Waals surface area contributed by atoms with Gasteiger partial charge in [-0.3, -0.25) is 4.79 Å². The number of likely N-dealkylation sites (tertiary alicyclic amines) is 2. The van der Waals surface area contributed by atoms with Gasteiger partial charge in [-0.15, -0.1) is 0 Å². The standard InChI is InChI=1S/C22H22F2IN3O3/c1-11-5-14(25)3-4-17(11)26-20-16(22(30)31)6-15(18(23)19(20)24)21(29)28-9-12-7-27(2)8-13(12)10-28/h3-6,12-13,26H,7-10H2,1-2H3,(H,30,31). The summed E-state index contributed by atoms with van der Waals surface area (Å²) in [5.74, 6) is -4.24. The molecule has 2 aliphatic heterocycles. The van der Waals surface area contributed by atoms with Gasteiger partial charge in [0.2, 0.25) is 0 Å². The van der Waals surface area contributed by atoms with Crippen LogP contribution in [0.5, 0.6) is 0 Å². The van der Waals surface area contributed by atoms with E-state index >= 15 is 4.39 Å². The van der Waals surface area contributed by atoms with Crippen molar-refractivity contribution in [2.24, 2.45) is 11.8 Å². The van der Waals surface area contributed by atoms with E-state index in [2.05, 4.69) is 32.8 Å². The summed E-state index contributed by atoms with van der Waals surface area (Å²) in [6.07, 6.45) is 0. The molecule has 4 rings (SSSR count). The quantitative estimate of drug-likeness (QED) is 0.574. The highest BCUT2D eigenvalue weighted by Crippen LogP contribution is 2.34. The molecule has 9 heteroatoms. The Morgan fingerprint density at radius 2 is 1.71 bits per heavy atom. The number of nitrogens with one attached hydrogen (secondary N) is 1. The van der Waals surface area contributed by atoms with Crippen LogP contribution in [0.25, 0.3) is 0 Å². The summed E-state index contributed by atoms with van der Waals surface area (Å²) < 4.78 is 30.9. The minimum absolute atomic E-state index is 0.297. The predicted octanol–water partition coefficient (Wildman–Crippen LogP) is 3.95. The van der Waals surface area contributed by atoms with E-state index in [9.17, 15) is 19.1 Å². The number of hydrogen-bond acceptors (Lipinski definition) is 4. The van der Waals surface area contributed by atoms with Crippen LogP contribution in [-0.2, 0) is 0 Å². The Morgan fingerprint density at radius 1 is 1.06 bits per heavy atom. The molecule has 6 nitrogen and oxygen atoms in total. The number of halogens is 3. The molecule has 0 aromatic heterocycles. The molecule has 0 saturated carbocycles. The third kappa shape index (κ3) is 4.12. The van der Waals surface area contributed by atoms with Gasteiger partial charge < -0.3 is 20.2 Å². The number of fused-ring (bicyclic) bond motifs is 1. The second-order valence-corrected chi connectivity index (χ2v) is 9.56. The SMILES string of the molecule is Cc1cc(I)ccc1Nc1c(C(=O)O)cc(C(=O)N2CC3CN(C)CC3C2)c(F)c1F. The first-order valence-corrected chi connectivity index (χ1v) is 11.0. The van der Waals surface area contributed by atoms with Crippen LogP contribution in [0.3, 0.4) is 0 Å². The Balaban J connectivity index is 1.68. The number of hydrogen-bond donors (Lipinski definition) is 2. The summed E-state index contributed by atoms with van der Waals surface area (Å²) in [6.45, 7) is 4.39. The molecular formula is C22H22F2IN3O3. The minimum atomic E-state index is -1.45. The zero-order valence-electron chi connectivity index (χ0n) is 17.1. The summed E-state index contributed by atoms with van der Waals surface area (Å²) >= 11 is 2.12. The van der Waals surface area contributed by atoms with Crippen LogP contribution in [0.4, 0.5) is 20.2 Å². The van der Waals surface area contributed by atoms with Crippen molar-refractivity contribution in [2.45, 2.75) is 6.92 Å². The van der Waals surface area contributed by atoms with Gasteiger partial charge in [-0.25, -0.2) is 13.6 Å². The first-order valence-electron chi connectivity index (χ1n) is 9.92. The van der Waals surface area contributed by atoms with Gasteiger partial charge in [-0.05, 0) is 78.2 Å². The molecule has 2 saturated heterocycles. The van der Waals surface area contributed by atoms with Crippen LogP contribution in [0.1, 0.15) is 26.3 Å². The summed E-state index contributed by atoms with van der Waals surface area (Å²) in [7, 11) is 2.01. The van der Waals surface area contributed by atoms with Gasteiger partial charge in [-0.2, -0.15) is 0 Å². The highest BCUT2D eigenvalue weighted by Gasteiger charge is 2.41. The number of nitrogens with zero attached hydrogens (tertiary/aromatic N) is 2. The molecule has 0 spiro atoms. The molecule has 2 aliphatic rings. The first-order chi connectivity index (χ1) is 14.7. The van der Waals surface area contributed by atoms with E-state index in [0.717, 1.165) is 28.3 Å². The maximum atomic E-state index is 15.0. The van der Waals surface area contributed by atoms with Crippen molar-refractivity contribution in [1.82, 2.24) is 9.80 Å². The van der Waals surface area contributed by atoms with E-state index in [1.807, 2.05) is 13.1 Å². The fourth-order valence-electron chi connectivity index (χ4n) is 4.54. The number of rotatable bonds is 4. The van der Waals surface area contributed by atoms with Crippen LogP contribution in [0.2, 0.25) is 0 Å². The van der Waals surface area contributed by atoms with Crippen molar-refractivity contribution in [3.8, 4) is 0 Å². The van der Waals surface area contributed by atoms with Crippen molar-refractivity contribution < 1.29 is 23.5 Å². The molecule has 2 N–H and O–H groups in total. The van der Waals surface area contributed by atoms with E-state index in [4.69, 9.17) is 0 Å². The first kappa shape index (κ1) is 21.9. The molecule has 0 aliphatic carbocycles. The molecule has 2 aromatic rings. The molecule has 1 amide bonds. The van der Waals surface area contributed by atoms with E-state index in [0.29, 0.717) is 30.6 Å². The summed E-state index contributed by atoms with van der Waals surface area (Å²) in [4.78, 5) is 28.5. The lowest BCUT2D eigenvalue weighted by Crippen LogP contribution is -2.33. The highest BCUT2D eigenvalue weighted by atomic mass is 127. The largest absolute Gasteiger partial charge is 0.478 e. The van der Waals surface area contributed by atoms with Gasteiger partial charge in [0.1, 0.15) is 0 Å². The zero-order chi connectivity index (χ0) is 22.4. The number of carboxylic acids is 1. The smallest absolute Gasteiger partial charge is 0.337 e. The zero-order valence-corrected chi connectivity index (χ0v) is 19.2. The molecule has 0 radical (unpaired) electrons. The number of carboxylic acid groups (broad SMARTS) is 1. The van der Waals surface area contributed by atoms with Crippen molar-refractivity contribution in [3.63, 3.8) is 0 Å². The second-order valence-electron chi connectivity index (χ2n) is 8.32. The maximum Gasteiger partial charge on any atom is 0.337 e. The molecule has 2 heterocycles. The van der Waals surface area contributed by atoms with Gasteiger partial charge >= 0.3 is 5.97 Å². The molecule has 31 heavy (non-hydrogen) atoms. The van der Waals surface area contributed by atoms with E-state index in [1.165, 1.54) is 4.90 Å². The summed E-state index contributed by atoms with van der Waals surface area (Å²) in [5.41, 5.74) is -0.327. The lowest BCUT2D eigenvalue weighted by atomic mass is 10.0. The molecular weight excluding hydrogens is 519 g/mol. The van der Waals surface area contributed by atoms with Gasteiger partial charge in [0.05, 0.1) is 16.8 Å². The number of aryl methyl sites for hydroxylation is 1. The average Bonchev–Trinajstić information content (AvgIpc) is 3.24. The summed E-state index contributed by atoms with van der Waals surface area (Å²) in [5, 5.41) is 12.3. The summed E-state index contributed by atoms with van der Waals surface area (Å²) in [6, 6.07) is 6.20. The number of benzene rings is 2. The number of anilines is 2. The molecule has 2 aromatic carbocycles.